The summed E-state index contributed by atoms with van der Waals surface area (Å²) in [7, 11) is 0. The minimum atomic E-state index is 0.331. The molecule has 0 aliphatic carbocycles. The molecule has 0 spiro atoms. The summed E-state index contributed by atoms with van der Waals surface area (Å²) in [5.74, 6) is 2.64. The zero-order valence-electron chi connectivity index (χ0n) is 9.60. The second-order valence-corrected chi connectivity index (χ2v) is 4.06. The van der Waals surface area contributed by atoms with Gasteiger partial charge in [0.15, 0.2) is 0 Å². The van der Waals surface area contributed by atoms with Crippen molar-refractivity contribution < 1.29 is 0 Å². The van der Waals surface area contributed by atoms with E-state index in [0.717, 1.165) is 19.3 Å². The molecule has 14 heavy (non-hydrogen) atoms. The Morgan fingerprint density at radius 3 is 2.36 bits per heavy atom. The van der Waals surface area contributed by atoms with Crippen molar-refractivity contribution in [3.05, 3.63) is 0 Å². The first-order valence-corrected chi connectivity index (χ1v) is 6.00. The summed E-state index contributed by atoms with van der Waals surface area (Å²) < 4.78 is 0. The number of hydrogen-bond acceptors (Lipinski definition) is 1. The smallest absolute Gasteiger partial charge is 0.0101 e. The lowest BCUT2D eigenvalue weighted by molar-refractivity contribution is 0.517. The Morgan fingerprint density at radius 1 is 1.07 bits per heavy atom. The molecule has 0 fully saturated rings. The molecule has 1 heteroatoms. The second-order valence-electron chi connectivity index (χ2n) is 4.06. The molecule has 1 nitrogen and oxygen atoms in total. The van der Waals surface area contributed by atoms with E-state index >= 15 is 0 Å². The number of unbranched alkanes of at least 4 members (excludes halogenated alkanes) is 5. The van der Waals surface area contributed by atoms with Crippen LogP contribution in [0.5, 0.6) is 0 Å². The maximum absolute atomic E-state index is 5.91. The molecule has 1 unspecified atom stereocenters. The topological polar surface area (TPSA) is 26.0 Å². The summed E-state index contributed by atoms with van der Waals surface area (Å²) >= 11 is 0. The van der Waals surface area contributed by atoms with Crippen LogP contribution in [-0.4, -0.2) is 6.04 Å². The van der Waals surface area contributed by atoms with Crippen molar-refractivity contribution in [3.8, 4) is 12.3 Å². The molecule has 0 heterocycles. The normalized spacial score (nSPS) is 12.4. The van der Waals surface area contributed by atoms with Gasteiger partial charge in [-0.25, -0.2) is 0 Å². The molecule has 0 aliphatic heterocycles. The lowest BCUT2D eigenvalue weighted by atomic mass is 10.0. The molecule has 0 aliphatic rings. The fourth-order valence-corrected chi connectivity index (χ4v) is 1.60. The minimum Gasteiger partial charge on any atom is -0.328 e. The van der Waals surface area contributed by atoms with E-state index in [0.29, 0.717) is 6.04 Å². The molecular weight excluding hydrogens is 170 g/mol. The zero-order valence-corrected chi connectivity index (χ0v) is 9.60. The van der Waals surface area contributed by atoms with Crippen molar-refractivity contribution in [2.24, 2.45) is 5.73 Å². The number of nitrogens with two attached hydrogens (primary N) is 1. The predicted octanol–water partition coefficient (Wildman–Crippen LogP) is 3.48. The van der Waals surface area contributed by atoms with E-state index in [-0.39, 0.29) is 0 Å². The molecule has 0 saturated carbocycles. The Bertz CT molecular complexity index is 146. The highest BCUT2D eigenvalue weighted by Gasteiger charge is 2.00. The van der Waals surface area contributed by atoms with Crippen molar-refractivity contribution in [1.29, 1.82) is 0 Å². The van der Waals surface area contributed by atoms with Crippen molar-refractivity contribution >= 4 is 0 Å². The van der Waals surface area contributed by atoms with Gasteiger partial charge in [0.2, 0.25) is 0 Å². The molecule has 0 aromatic heterocycles. The Morgan fingerprint density at radius 2 is 1.71 bits per heavy atom. The molecule has 0 radical (unpaired) electrons. The lowest BCUT2D eigenvalue weighted by Gasteiger charge is -2.08. The molecule has 0 aromatic rings. The number of terminal acetylenes is 1. The quantitative estimate of drug-likeness (QED) is 0.442. The molecule has 0 bridgehead atoms. The van der Waals surface area contributed by atoms with Crippen molar-refractivity contribution in [2.75, 3.05) is 0 Å². The minimum absolute atomic E-state index is 0.331. The molecule has 0 saturated heterocycles. The standard InChI is InChI=1S/C13H25N/c1-3-5-7-8-9-10-12-13(14)11-6-4-2/h2,13H,3,5-12,14H2,1H3. The van der Waals surface area contributed by atoms with E-state index in [1.165, 1.54) is 38.5 Å². The van der Waals surface area contributed by atoms with Gasteiger partial charge < -0.3 is 5.73 Å². The van der Waals surface area contributed by atoms with Crippen LogP contribution in [0.15, 0.2) is 0 Å². The molecule has 0 aromatic carbocycles. The Balaban J connectivity index is 3.07. The van der Waals surface area contributed by atoms with Gasteiger partial charge in [-0.15, -0.1) is 12.3 Å². The van der Waals surface area contributed by atoms with Gasteiger partial charge in [0.25, 0.3) is 0 Å². The number of rotatable bonds is 9. The predicted molar refractivity (Wildman–Crippen MR) is 64.0 cm³/mol. The van der Waals surface area contributed by atoms with Gasteiger partial charge >= 0.3 is 0 Å². The van der Waals surface area contributed by atoms with E-state index in [9.17, 15) is 0 Å². The monoisotopic (exact) mass is 195 g/mol. The highest BCUT2D eigenvalue weighted by atomic mass is 14.6. The zero-order chi connectivity index (χ0) is 10.6. The van der Waals surface area contributed by atoms with Gasteiger partial charge in [-0.1, -0.05) is 45.4 Å². The third-order valence-electron chi connectivity index (χ3n) is 2.59. The third kappa shape index (κ3) is 9.61. The van der Waals surface area contributed by atoms with E-state index < -0.39 is 0 Å². The highest BCUT2D eigenvalue weighted by molar-refractivity contribution is 4.84. The van der Waals surface area contributed by atoms with Crippen LogP contribution >= 0.6 is 0 Å². The van der Waals surface area contributed by atoms with Crippen LogP contribution in [0.2, 0.25) is 0 Å². The van der Waals surface area contributed by atoms with Crippen LogP contribution in [0.3, 0.4) is 0 Å². The van der Waals surface area contributed by atoms with E-state index in [1.54, 1.807) is 0 Å². The third-order valence-corrected chi connectivity index (χ3v) is 2.59. The molecule has 0 rings (SSSR count). The van der Waals surface area contributed by atoms with Crippen molar-refractivity contribution in [3.63, 3.8) is 0 Å². The lowest BCUT2D eigenvalue weighted by Crippen LogP contribution is -2.19. The van der Waals surface area contributed by atoms with Crippen LogP contribution in [-0.2, 0) is 0 Å². The van der Waals surface area contributed by atoms with Crippen LogP contribution in [0, 0.1) is 12.3 Å². The maximum Gasteiger partial charge on any atom is 0.0101 e. The number of hydrogen-bond donors (Lipinski definition) is 1. The Labute approximate surface area is 89.5 Å². The SMILES string of the molecule is C#CCCC(N)CCCCCCCC. The van der Waals surface area contributed by atoms with Gasteiger partial charge in [-0.05, 0) is 12.8 Å². The summed E-state index contributed by atoms with van der Waals surface area (Å²) in [5.41, 5.74) is 5.91. The Kier molecular flexibility index (Phi) is 10.2. The first-order chi connectivity index (χ1) is 6.81. The fourth-order valence-electron chi connectivity index (χ4n) is 1.60. The summed E-state index contributed by atoms with van der Waals surface area (Å²) in [5, 5.41) is 0. The van der Waals surface area contributed by atoms with E-state index in [2.05, 4.69) is 12.8 Å². The fraction of sp³-hybridized carbons (Fsp3) is 0.846. The largest absolute Gasteiger partial charge is 0.328 e. The summed E-state index contributed by atoms with van der Waals surface area (Å²) in [6.45, 7) is 2.25. The summed E-state index contributed by atoms with van der Waals surface area (Å²) in [6.07, 6.45) is 16.2. The maximum atomic E-state index is 5.91. The first kappa shape index (κ1) is 13.5. The van der Waals surface area contributed by atoms with Gasteiger partial charge in [-0.2, -0.15) is 0 Å². The highest BCUT2D eigenvalue weighted by Crippen LogP contribution is 2.09. The first-order valence-electron chi connectivity index (χ1n) is 6.00. The molecule has 2 N–H and O–H groups in total. The van der Waals surface area contributed by atoms with E-state index in [1.807, 2.05) is 0 Å². The van der Waals surface area contributed by atoms with Gasteiger partial charge in [0.05, 0.1) is 0 Å². The van der Waals surface area contributed by atoms with Crippen molar-refractivity contribution in [2.45, 2.75) is 70.8 Å². The molecule has 1 atom stereocenters. The van der Waals surface area contributed by atoms with Crippen LogP contribution in [0.4, 0.5) is 0 Å². The van der Waals surface area contributed by atoms with Gasteiger partial charge in [-0.3, -0.25) is 0 Å². The van der Waals surface area contributed by atoms with Crippen LogP contribution in [0.1, 0.15) is 64.7 Å². The Hall–Kier alpha value is -0.480. The molecule has 0 amide bonds. The molecular formula is C13H25N. The van der Waals surface area contributed by atoms with Crippen molar-refractivity contribution in [1.82, 2.24) is 0 Å². The summed E-state index contributed by atoms with van der Waals surface area (Å²) in [6, 6.07) is 0.331. The van der Waals surface area contributed by atoms with Crippen LogP contribution in [0.25, 0.3) is 0 Å². The van der Waals surface area contributed by atoms with Crippen LogP contribution < -0.4 is 5.73 Å². The van der Waals surface area contributed by atoms with Gasteiger partial charge in [0, 0.05) is 12.5 Å². The molecule has 82 valence electrons. The average molecular weight is 195 g/mol. The van der Waals surface area contributed by atoms with E-state index in [4.69, 9.17) is 12.2 Å². The van der Waals surface area contributed by atoms with Gasteiger partial charge in [0.1, 0.15) is 0 Å². The average Bonchev–Trinajstić information content (AvgIpc) is 2.20. The summed E-state index contributed by atoms with van der Waals surface area (Å²) in [4.78, 5) is 0. The second kappa shape index (κ2) is 10.6.